The van der Waals surface area contributed by atoms with Gasteiger partial charge in [0.2, 0.25) is 0 Å². The van der Waals surface area contributed by atoms with Gasteiger partial charge in [0.1, 0.15) is 12.4 Å². The van der Waals surface area contributed by atoms with Crippen molar-refractivity contribution in [2.75, 3.05) is 24.5 Å². The Balaban J connectivity index is 2.49. The number of halogens is 1. The van der Waals surface area contributed by atoms with E-state index in [1.54, 1.807) is 12.1 Å². The third-order valence-electron chi connectivity index (χ3n) is 2.03. The minimum Gasteiger partial charge on any atom is -0.493 e. The molecule has 0 atom stereocenters. The molecule has 18 heavy (non-hydrogen) atoms. The molecule has 0 aliphatic carbocycles. The second-order valence-electron chi connectivity index (χ2n) is 3.74. The number of rotatable bonds is 5. The van der Waals surface area contributed by atoms with Crippen LogP contribution >= 0.6 is 11.6 Å². The van der Waals surface area contributed by atoms with Gasteiger partial charge in [-0.3, -0.25) is 0 Å². The van der Waals surface area contributed by atoms with E-state index in [2.05, 4.69) is 11.8 Å². The Hall–Kier alpha value is -1.18. The minimum atomic E-state index is -2.98. The number of sulfone groups is 1. The van der Waals surface area contributed by atoms with Crippen molar-refractivity contribution in [3.63, 3.8) is 0 Å². The second-order valence-corrected chi connectivity index (χ2v) is 6.38. The standard InChI is InChI=1S/C13H15ClO3S/c1-18(15,16)11-10-17-13-7-5-12(6-8-13)4-2-3-9-14/h5-8H,3,9-11H2,1H3. The highest BCUT2D eigenvalue weighted by Crippen LogP contribution is 2.11. The van der Waals surface area contributed by atoms with E-state index >= 15 is 0 Å². The Kier molecular flexibility index (Phi) is 6.03. The van der Waals surface area contributed by atoms with E-state index in [1.807, 2.05) is 12.1 Å². The number of hydrogen-bond acceptors (Lipinski definition) is 3. The molecule has 1 rings (SSSR count). The highest BCUT2D eigenvalue weighted by molar-refractivity contribution is 7.90. The van der Waals surface area contributed by atoms with Crippen LogP contribution in [0.1, 0.15) is 12.0 Å². The number of hydrogen-bond donors (Lipinski definition) is 0. The Bertz CT molecular complexity index is 524. The predicted molar refractivity (Wildman–Crippen MR) is 73.9 cm³/mol. The predicted octanol–water partition coefficient (Wildman–Crippen LogP) is 2.09. The SMILES string of the molecule is CS(=O)(=O)CCOc1ccc(C#CCCCl)cc1. The summed E-state index contributed by atoms with van der Waals surface area (Å²) in [5.41, 5.74) is 0.885. The summed E-state index contributed by atoms with van der Waals surface area (Å²) in [7, 11) is -2.98. The van der Waals surface area contributed by atoms with Crippen LogP contribution in [0.5, 0.6) is 5.75 Å². The molecule has 0 spiro atoms. The van der Waals surface area contributed by atoms with Gasteiger partial charge in [0.05, 0.1) is 5.75 Å². The van der Waals surface area contributed by atoms with Crippen LogP contribution in [0.25, 0.3) is 0 Å². The number of ether oxygens (including phenoxy) is 1. The van der Waals surface area contributed by atoms with Crippen LogP contribution in [-0.2, 0) is 9.84 Å². The smallest absolute Gasteiger partial charge is 0.150 e. The van der Waals surface area contributed by atoms with Crippen LogP contribution in [-0.4, -0.2) is 32.9 Å². The van der Waals surface area contributed by atoms with Gasteiger partial charge in [0.25, 0.3) is 0 Å². The van der Waals surface area contributed by atoms with E-state index in [1.165, 1.54) is 6.26 Å². The van der Waals surface area contributed by atoms with E-state index in [-0.39, 0.29) is 12.4 Å². The first-order valence-electron chi connectivity index (χ1n) is 5.47. The molecule has 3 nitrogen and oxygen atoms in total. The van der Waals surface area contributed by atoms with Crippen LogP contribution in [0.3, 0.4) is 0 Å². The van der Waals surface area contributed by atoms with Crippen LogP contribution in [0, 0.1) is 11.8 Å². The zero-order valence-electron chi connectivity index (χ0n) is 10.1. The van der Waals surface area contributed by atoms with Gasteiger partial charge >= 0.3 is 0 Å². The molecular formula is C13H15ClO3S. The molecule has 0 aliphatic rings. The maximum atomic E-state index is 10.9. The van der Waals surface area contributed by atoms with Gasteiger partial charge in [0.15, 0.2) is 9.84 Å². The molecule has 1 aromatic rings. The van der Waals surface area contributed by atoms with Gasteiger partial charge in [-0.05, 0) is 24.3 Å². The molecule has 0 aromatic heterocycles. The normalized spacial score (nSPS) is 10.6. The summed E-state index contributed by atoms with van der Waals surface area (Å²) >= 11 is 5.52. The maximum Gasteiger partial charge on any atom is 0.150 e. The van der Waals surface area contributed by atoms with Crippen LogP contribution in [0.4, 0.5) is 0 Å². The van der Waals surface area contributed by atoms with E-state index in [0.717, 1.165) is 5.56 Å². The lowest BCUT2D eigenvalue weighted by atomic mass is 10.2. The van der Waals surface area contributed by atoms with Crippen LogP contribution < -0.4 is 4.74 Å². The van der Waals surface area contributed by atoms with Crippen LogP contribution in [0.15, 0.2) is 24.3 Å². The summed E-state index contributed by atoms with van der Waals surface area (Å²) < 4.78 is 27.1. The molecule has 0 bridgehead atoms. The van der Waals surface area contributed by atoms with Crippen molar-refractivity contribution in [1.82, 2.24) is 0 Å². The zero-order valence-corrected chi connectivity index (χ0v) is 11.7. The van der Waals surface area contributed by atoms with Gasteiger partial charge in [-0.25, -0.2) is 8.42 Å². The lowest BCUT2D eigenvalue weighted by Gasteiger charge is -2.04. The molecule has 0 heterocycles. The van der Waals surface area contributed by atoms with Crippen molar-refractivity contribution in [2.24, 2.45) is 0 Å². The topological polar surface area (TPSA) is 43.4 Å². The van der Waals surface area contributed by atoms with Crippen molar-refractivity contribution in [3.05, 3.63) is 29.8 Å². The number of benzene rings is 1. The van der Waals surface area contributed by atoms with E-state index in [9.17, 15) is 8.42 Å². The molecule has 5 heteroatoms. The quantitative estimate of drug-likeness (QED) is 0.615. The van der Waals surface area contributed by atoms with E-state index < -0.39 is 9.84 Å². The minimum absolute atomic E-state index is 0.0181. The summed E-state index contributed by atoms with van der Waals surface area (Å²) in [4.78, 5) is 0. The Labute approximate surface area is 113 Å². The van der Waals surface area contributed by atoms with Gasteiger partial charge in [-0.15, -0.1) is 11.6 Å². The fourth-order valence-corrected chi connectivity index (χ4v) is 1.64. The Morgan fingerprint density at radius 2 is 1.94 bits per heavy atom. The maximum absolute atomic E-state index is 10.9. The molecule has 1 aromatic carbocycles. The Morgan fingerprint density at radius 3 is 2.50 bits per heavy atom. The monoisotopic (exact) mass is 286 g/mol. The molecular weight excluding hydrogens is 272 g/mol. The zero-order chi connectivity index (χ0) is 13.4. The van der Waals surface area contributed by atoms with Gasteiger partial charge in [-0.2, -0.15) is 0 Å². The van der Waals surface area contributed by atoms with Crippen molar-refractivity contribution in [3.8, 4) is 17.6 Å². The average Bonchev–Trinajstić information content (AvgIpc) is 2.30. The third kappa shape index (κ3) is 6.53. The largest absolute Gasteiger partial charge is 0.493 e. The molecule has 0 aliphatic heterocycles. The molecule has 0 amide bonds. The van der Waals surface area contributed by atoms with Crippen molar-refractivity contribution < 1.29 is 13.2 Å². The summed E-state index contributed by atoms with van der Waals surface area (Å²) in [6.45, 7) is 0.163. The summed E-state index contributed by atoms with van der Waals surface area (Å²) in [6, 6.07) is 7.20. The van der Waals surface area contributed by atoms with Gasteiger partial charge < -0.3 is 4.74 Å². The molecule has 0 N–H and O–H groups in total. The molecule has 0 radical (unpaired) electrons. The fraction of sp³-hybridized carbons (Fsp3) is 0.385. The highest BCUT2D eigenvalue weighted by atomic mass is 35.5. The number of alkyl halides is 1. The lowest BCUT2D eigenvalue weighted by Crippen LogP contribution is -2.11. The molecule has 0 saturated heterocycles. The van der Waals surface area contributed by atoms with Gasteiger partial charge in [0, 0.05) is 24.1 Å². The first-order chi connectivity index (χ1) is 8.51. The fourth-order valence-electron chi connectivity index (χ4n) is 1.16. The first-order valence-corrected chi connectivity index (χ1v) is 8.06. The van der Waals surface area contributed by atoms with Crippen LogP contribution in [0.2, 0.25) is 0 Å². The van der Waals surface area contributed by atoms with E-state index in [4.69, 9.17) is 16.3 Å². The first kappa shape index (κ1) is 14.9. The highest BCUT2D eigenvalue weighted by Gasteiger charge is 2.02. The summed E-state index contributed by atoms with van der Waals surface area (Å²) in [5, 5.41) is 0. The van der Waals surface area contributed by atoms with Crippen molar-refractivity contribution >= 4 is 21.4 Å². The average molecular weight is 287 g/mol. The third-order valence-corrected chi connectivity index (χ3v) is 3.13. The second kappa shape index (κ2) is 7.30. The molecule has 98 valence electrons. The van der Waals surface area contributed by atoms with Crippen molar-refractivity contribution in [2.45, 2.75) is 6.42 Å². The lowest BCUT2D eigenvalue weighted by molar-refractivity contribution is 0.341. The summed E-state index contributed by atoms with van der Waals surface area (Å²) in [5.74, 6) is 7.08. The van der Waals surface area contributed by atoms with E-state index in [0.29, 0.717) is 18.1 Å². The molecule has 0 unspecified atom stereocenters. The Morgan fingerprint density at radius 1 is 1.28 bits per heavy atom. The van der Waals surface area contributed by atoms with Crippen molar-refractivity contribution in [1.29, 1.82) is 0 Å². The molecule has 0 saturated carbocycles. The molecule has 0 fully saturated rings. The summed E-state index contributed by atoms with van der Waals surface area (Å²) in [6.07, 6.45) is 1.85. The van der Waals surface area contributed by atoms with Gasteiger partial charge in [-0.1, -0.05) is 11.8 Å².